The van der Waals surface area contributed by atoms with Gasteiger partial charge in [-0.2, -0.15) is 0 Å². The Morgan fingerprint density at radius 3 is 2.48 bits per heavy atom. The molecule has 2 aromatic carbocycles. The molecule has 1 heterocycles. The molecule has 0 saturated heterocycles. The van der Waals surface area contributed by atoms with Gasteiger partial charge in [0.1, 0.15) is 0 Å². The number of aliphatic hydroxyl groups excluding tert-OH is 1. The number of benzene rings is 2. The van der Waals surface area contributed by atoms with Crippen molar-refractivity contribution in [1.82, 2.24) is 0 Å². The summed E-state index contributed by atoms with van der Waals surface area (Å²) in [4.78, 5) is 2.29. The van der Waals surface area contributed by atoms with Gasteiger partial charge >= 0.3 is 0 Å². The van der Waals surface area contributed by atoms with Crippen LogP contribution in [0.1, 0.15) is 30.1 Å². The van der Waals surface area contributed by atoms with Crippen LogP contribution in [0.4, 0.5) is 5.69 Å². The number of rotatable bonds is 5. The average molecular weight is 343 g/mol. The smallest absolute Gasteiger partial charge is 0.203 e. The number of hydrogen-bond acceptors (Lipinski definition) is 5. The van der Waals surface area contributed by atoms with Gasteiger partial charge in [-0.25, -0.2) is 0 Å². The summed E-state index contributed by atoms with van der Waals surface area (Å²) in [5.41, 5.74) is 3.08. The maximum atomic E-state index is 10.4. The fourth-order valence-corrected chi connectivity index (χ4v) is 3.47. The van der Waals surface area contributed by atoms with Crippen molar-refractivity contribution in [3.8, 4) is 17.2 Å². The third kappa shape index (κ3) is 3.37. The predicted molar refractivity (Wildman–Crippen MR) is 97.8 cm³/mol. The summed E-state index contributed by atoms with van der Waals surface area (Å²) in [6.45, 7) is 1.55. The number of nitrogens with zero attached hydrogens (tertiary/aromatic N) is 1. The molecule has 1 aliphatic heterocycles. The van der Waals surface area contributed by atoms with Crippen molar-refractivity contribution in [1.29, 1.82) is 0 Å². The summed E-state index contributed by atoms with van der Waals surface area (Å²) in [7, 11) is 4.87. The Morgan fingerprint density at radius 2 is 1.76 bits per heavy atom. The van der Waals surface area contributed by atoms with Crippen molar-refractivity contribution in [3.63, 3.8) is 0 Å². The molecule has 134 valence electrons. The fourth-order valence-electron chi connectivity index (χ4n) is 3.47. The second-order valence-corrected chi connectivity index (χ2v) is 6.13. The van der Waals surface area contributed by atoms with Crippen molar-refractivity contribution >= 4 is 5.69 Å². The molecule has 1 unspecified atom stereocenters. The number of aliphatic hydroxyl groups is 1. The van der Waals surface area contributed by atoms with Gasteiger partial charge < -0.3 is 24.2 Å². The van der Waals surface area contributed by atoms with Crippen molar-refractivity contribution in [2.75, 3.05) is 32.8 Å². The molecule has 5 heteroatoms. The molecule has 5 nitrogen and oxygen atoms in total. The molecule has 25 heavy (non-hydrogen) atoms. The summed E-state index contributed by atoms with van der Waals surface area (Å²) >= 11 is 0. The van der Waals surface area contributed by atoms with Crippen molar-refractivity contribution < 1.29 is 19.3 Å². The minimum Gasteiger partial charge on any atom is -0.493 e. The quantitative estimate of drug-likeness (QED) is 0.900. The minimum atomic E-state index is -0.409. The molecular weight excluding hydrogens is 318 g/mol. The Hall–Kier alpha value is -2.40. The molecule has 0 saturated carbocycles. The fraction of sp³-hybridized carbons (Fsp3) is 0.400. The lowest BCUT2D eigenvalue weighted by molar-refractivity contribution is 0.168. The SMILES string of the molecule is COc1ccc(CN2CCCC(O)c3ccccc32)c(OC)c1OC. The number of methoxy groups -OCH3 is 3. The molecule has 1 atom stereocenters. The van der Waals surface area contributed by atoms with Crippen molar-refractivity contribution in [3.05, 3.63) is 47.5 Å². The van der Waals surface area contributed by atoms with Crippen LogP contribution in [-0.4, -0.2) is 33.0 Å². The molecule has 0 bridgehead atoms. The summed E-state index contributed by atoms with van der Waals surface area (Å²) in [5, 5.41) is 10.4. The van der Waals surface area contributed by atoms with Crippen LogP contribution in [0.15, 0.2) is 36.4 Å². The highest BCUT2D eigenvalue weighted by molar-refractivity contribution is 5.59. The van der Waals surface area contributed by atoms with Gasteiger partial charge in [0, 0.05) is 29.9 Å². The Morgan fingerprint density at radius 1 is 1.00 bits per heavy atom. The van der Waals surface area contributed by atoms with E-state index in [0.717, 1.165) is 36.2 Å². The van der Waals surface area contributed by atoms with Gasteiger partial charge in [0.15, 0.2) is 11.5 Å². The first-order valence-corrected chi connectivity index (χ1v) is 8.49. The summed E-state index contributed by atoms with van der Waals surface area (Å²) in [5.74, 6) is 1.93. The molecule has 0 fully saturated rings. The van der Waals surface area contributed by atoms with Gasteiger partial charge in [-0.1, -0.05) is 18.2 Å². The number of fused-ring (bicyclic) bond motifs is 1. The second-order valence-electron chi connectivity index (χ2n) is 6.13. The molecule has 0 spiro atoms. The third-order valence-corrected chi connectivity index (χ3v) is 4.69. The molecule has 2 aromatic rings. The van der Waals surface area contributed by atoms with E-state index in [1.807, 2.05) is 30.3 Å². The molecule has 3 rings (SSSR count). The summed E-state index contributed by atoms with van der Waals surface area (Å²) in [6.07, 6.45) is 1.30. The summed E-state index contributed by atoms with van der Waals surface area (Å²) in [6, 6.07) is 12.0. The van der Waals surface area contributed by atoms with E-state index in [1.54, 1.807) is 21.3 Å². The van der Waals surface area contributed by atoms with Gasteiger partial charge in [-0.05, 0) is 31.0 Å². The van der Waals surface area contributed by atoms with Crippen molar-refractivity contribution in [2.24, 2.45) is 0 Å². The monoisotopic (exact) mass is 343 g/mol. The van der Waals surface area contributed by atoms with Crippen LogP contribution < -0.4 is 19.1 Å². The lowest BCUT2D eigenvalue weighted by atomic mass is 10.0. The molecule has 0 aromatic heterocycles. The van der Waals surface area contributed by atoms with E-state index in [9.17, 15) is 5.11 Å². The Balaban J connectivity index is 1.98. The van der Waals surface area contributed by atoms with Crippen LogP contribution in [0.5, 0.6) is 17.2 Å². The van der Waals surface area contributed by atoms with E-state index in [2.05, 4.69) is 11.0 Å². The maximum Gasteiger partial charge on any atom is 0.203 e. The van der Waals surface area contributed by atoms with E-state index in [4.69, 9.17) is 14.2 Å². The van der Waals surface area contributed by atoms with Crippen LogP contribution >= 0.6 is 0 Å². The first kappa shape index (κ1) is 17.4. The minimum absolute atomic E-state index is 0.409. The van der Waals surface area contributed by atoms with Crippen LogP contribution in [0.25, 0.3) is 0 Å². The molecule has 0 amide bonds. The van der Waals surface area contributed by atoms with E-state index in [-0.39, 0.29) is 0 Å². The zero-order valence-corrected chi connectivity index (χ0v) is 15.0. The predicted octanol–water partition coefficient (Wildman–Crippen LogP) is 3.55. The normalized spacial score (nSPS) is 16.8. The topological polar surface area (TPSA) is 51.2 Å². The highest BCUT2D eigenvalue weighted by Crippen LogP contribution is 2.41. The Bertz CT molecular complexity index is 732. The third-order valence-electron chi connectivity index (χ3n) is 4.69. The van der Waals surface area contributed by atoms with E-state index in [1.165, 1.54) is 0 Å². The van der Waals surface area contributed by atoms with Gasteiger partial charge in [-0.15, -0.1) is 0 Å². The standard InChI is InChI=1S/C20H25NO4/c1-23-18-11-10-14(19(24-2)20(18)25-3)13-21-12-6-9-17(22)15-7-4-5-8-16(15)21/h4-5,7-8,10-11,17,22H,6,9,12-13H2,1-3H3. The van der Waals surface area contributed by atoms with Crippen molar-refractivity contribution in [2.45, 2.75) is 25.5 Å². The number of hydrogen-bond donors (Lipinski definition) is 1. The molecule has 1 aliphatic rings. The lowest BCUT2D eigenvalue weighted by Crippen LogP contribution is -2.24. The van der Waals surface area contributed by atoms with Crippen LogP contribution in [0, 0.1) is 0 Å². The zero-order valence-electron chi connectivity index (χ0n) is 15.0. The average Bonchev–Trinajstić information content (AvgIpc) is 2.81. The van der Waals surface area contributed by atoms with E-state index >= 15 is 0 Å². The maximum absolute atomic E-state index is 10.4. The van der Waals surface area contributed by atoms with E-state index in [0.29, 0.717) is 23.8 Å². The molecule has 0 radical (unpaired) electrons. The van der Waals surface area contributed by atoms with Gasteiger partial charge in [-0.3, -0.25) is 0 Å². The largest absolute Gasteiger partial charge is 0.493 e. The number of ether oxygens (including phenoxy) is 3. The van der Waals surface area contributed by atoms with Gasteiger partial charge in [0.05, 0.1) is 27.4 Å². The molecule has 1 N–H and O–H groups in total. The highest BCUT2D eigenvalue weighted by atomic mass is 16.5. The lowest BCUT2D eigenvalue weighted by Gasteiger charge is -2.26. The van der Waals surface area contributed by atoms with Gasteiger partial charge in [0.25, 0.3) is 0 Å². The van der Waals surface area contributed by atoms with Crippen LogP contribution in [0.2, 0.25) is 0 Å². The van der Waals surface area contributed by atoms with E-state index < -0.39 is 6.10 Å². The summed E-state index contributed by atoms with van der Waals surface area (Å²) < 4.78 is 16.5. The first-order valence-electron chi connectivity index (χ1n) is 8.49. The second kappa shape index (κ2) is 7.66. The zero-order chi connectivity index (χ0) is 17.8. The Labute approximate surface area is 148 Å². The first-order chi connectivity index (χ1) is 12.2. The van der Waals surface area contributed by atoms with Crippen LogP contribution in [-0.2, 0) is 6.54 Å². The number of para-hydroxylation sites is 1. The Kier molecular flexibility index (Phi) is 5.34. The van der Waals surface area contributed by atoms with Gasteiger partial charge in [0.2, 0.25) is 5.75 Å². The molecule has 0 aliphatic carbocycles. The number of anilines is 1. The van der Waals surface area contributed by atoms with Crippen LogP contribution in [0.3, 0.4) is 0 Å². The highest BCUT2D eigenvalue weighted by Gasteiger charge is 2.23. The molecular formula is C20H25NO4.